The Hall–Kier alpha value is -1.82. The molecule has 2 amide bonds. The van der Waals surface area contributed by atoms with Gasteiger partial charge >= 0.3 is 6.03 Å². The van der Waals surface area contributed by atoms with E-state index in [2.05, 4.69) is 10.6 Å². The smallest absolute Gasteiger partial charge is 0.319 e. The second kappa shape index (κ2) is 8.33. The molecule has 0 aliphatic heterocycles. The minimum Gasteiger partial charge on any atom is -0.488 e. The number of aliphatic hydroxyl groups is 1. The molecule has 0 saturated heterocycles. The maximum atomic E-state index is 13.5. The van der Waals surface area contributed by atoms with Gasteiger partial charge in [-0.15, -0.1) is 0 Å². The Morgan fingerprint density at radius 3 is 2.75 bits per heavy atom. The Morgan fingerprint density at radius 1 is 1.42 bits per heavy atom. The molecule has 1 fully saturated rings. The van der Waals surface area contributed by atoms with Crippen molar-refractivity contribution in [3.05, 3.63) is 24.0 Å². The lowest BCUT2D eigenvalue weighted by molar-refractivity contribution is 0.167. The maximum absolute atomic E-state index is 13.5. The number of ether oxygens (including phenoxy) is 1. The highest BCUT2D eigenvalue weighted by atomic mass is 19.1. The van der Waals surface area contributed by atoms with E-state index < -0.39 is 17.4 Å². The Labute approximate surface area is 142 Å². The zero-order valence-corrected chi connectivity index (χ0v) is 14.4. The number of halogens is 1. The summed E-state index contributed by atoms with van der Waals surface area (Å²) in [5.74, 6) is -0.0571. The molecule has 5 nitrogen and oxygen atoms in total. The van der Waals surface area contributed by atoms with Crippen LogP contribution in [0.3, 0.4) is 0 Å². The number of benzene rings is 1. The second-order valence-corrected chi connectivity index (χ2v) is 6.71. The van der Waals surface area contributed by atoms with Crippen LogP contribution >= 0.6 is 0 Å². The Balaban J connectivity index is 2.06. The molecule has 0 bridgehead atoms. The Kier molecular flexibility index (Phi) is 6.43. The number of amides is 2. The van der Waals surface area contributed by atoms with Gasteiger partial charge in [-0.25, -0.2) is 9.18 Å². The molecule has 1 aromatic carbocycles. The summed E-state index contributed by atoms with van der Waals surface area (Å²) in [5.41, 5.74) is -0.261. The first-order valence-corrected chi connectivity index (χ1v) is 8.62. The number of anilines is 1. The quantitative estimate of drug-likeness (QED) is 0.708. The number of aliphatic hydroxyl groups excluding tert-OH is 1. The second-order valence-electron chi connectivity index (χ2n) is 6.71. The van der Waals surface area contributed by atoms with Crippen LogP contribution in [-0.4, -0.2) is 29.4 Å². The van der Waals surface area contributed by atoms with Gasteiger partial charge in [0.2, 0.25) is 0 Å². The molecular formula is C18H27FN2O3. The van der Waals surface area contributed by atoms with Crippen molar-refractivity contribution in [2.24, 2.45) is 0 Å². The van der Waals surface area contributed by atoms with Gasteiger partial charge in [0.05, 0.1) is 23.9 Å². The molecular weight excluding hydrogens is 311 g/mol. The SMILES string of the molecule is CCC[C@](C)(CO)NC(=O)Nc1ccc(F)cc1OC1CCCC1. The van der Waals surface area contributed by atoms with Crippen LogP contribution in [0, 0.1) is 5.82 Å². The van der Waals surface area contributed by atoms with Gasteiger partial charge in [-0.3, -0.25) is 0 Å². The van der Waals surface area contributed by atoms with Crippen LogP contribution in [0.1, 0.15) is 52.4 Å². The highest BCUT2D eigenvalue weighted by Crippen LogP contribution is 2.30. The number of nitrogens with one attached hydrogen (secondary N) is 2. The molecule has 134 valence electrons. The van der Waals surface area contributed by atoms with Crippen molar-refractivity contribution >= 4 is 11.7 Å². The Morgan fingerprint density at radius 2 is 2.12 bits per heavy atom. The monoisotopic (exact) mass is 338 g/mol. The van der Waals surface area contributed by atoms with Gasteiger partial charge in [-0.2, -0.15) is 0 Å². The lowest BCUT2D eigenvalue weighted by Gasteiger charge is -2.28. The molecule has 6 heteroatoms. The fourth-order valence-corrected chi connectivity index (χ4v) is 3.04. The van der Waals surface area contributed by atoms with Crippen molar-refractivity contribution in [1.82, 2.24) is 5.32 Å². The number of rotatable bonds is 7. The molecule has 0 heterocycles. The molecule has 1 saturated carbocycles. The fourth-order valence-electron chi connectivity index (χ4n) is 3.04. The summed E-state index contributed by atoms with van der Waals surface area (Å²) in [7, 11) is 0. The van der Waals surface area contributed by atoms with Gasteiger partial charge in [-0.1, -0.05) is 13.3 Å². The molecule has 1 aromatic rings. The lowest BCUT2D eigenvalue weighted by Crippen LogP contribution is -2.50. The van der Waals surface area contributed by atoms with Crippen molar-refractivity contribution in [3.8, 4) is 5.75 Å². The predicted molar refractivity (Wildman–Crippen MR) is 91.8 cm³/mol. The van der Waals surface area contributed by atoms with Crippen LogP contribution in [0.5, 0.6) is 5.75 Å². The number of carbonyl (C=O) groups is 1. The zero-order valence-electron chi connectivity index (χ0n) is 14.4. The minimum absolute atomic E-state index is 0.0678. The highest BCUT2D eigenvalue weighted by Gasteiger charge is 2.25. The van der Waals surface area contributed by atoms with E-state index in [4.69, 9.17) is 4.74 Å². The first-order valence-electron chi connectivity index (χ1n) is 8.62. The van der Waals surface area contributed by atoms with Crippen LogP contribution in [0.2, 0.25) is 0 Å². The van der Waals surface area contributed by atoms with Crippen LogP contribution in [0.4, 0.5) is 14.9 Å². The van der Waals surface area contributed by atoms with Crippen molar-refractivity contribution in [2.75, 3.05) is 11.9 Å². The summed E-state index contributed by atoms with van der Waals surface area (Å²) in [4.78, 5) is 12.3. The summed E-state index contributed by atoms with van der Waals surface area (Å²) in [6, 6.07) is 3.64. The van der Waals surface area contributed by atoms with Gasteiger partial charge in [0.1, 0.15) is 11.6 Å². The van der Waals surface area contributed by atoms with Gasteiger partial charge in [-0.05, 0) is 51.2 Å². The number of hydrogen-bond acceptors (Lipinski definition) is 3. The van der Waals surface area contributed by atoms with E-state index in [0.717, 1.165) is 32.1 Å². The van der Waals surface area contributed by atoms with Gasteiger partial charge < -0.3 is 20.5 Å². The van der Waals surface area contributed by atoms with E-state index >= 15 is 0 Å². The van der Waals surface area contributed by atoms with Crippen molar-refractivity contribution < 1.29 is 19.0 Å². The van der Waals surface area contributed by atoms with E-state index in [-0.39, 0.29) is 12.7 Å². The standard InChI is InChI=1S/C18H27FN2O3/c1-3-10-18(2,12-22)21-17(23)20-15-9-8-13(19)11-16(15)24-14-6-4-5-7-14/h8-9,11,14,22H,3-7,10,12H2,1-2H3,(H2,20,21,23)/t18-/m1/s1. The van der Waals surface area contributed by atoms with Crippen LogP contribution in [0.15, 0.2) is 18.2 Å². The average Bonchev–Trinajstić information content (AvgIpc) is 3.03. The first kappa shape index (κ1) is 18.5. The topological polar surface area (TPSA) is 70.6 Å². The third kappa shape index (κ3) is 5.09. The van der Waals surface area contributed by atoms with E-state index in [9.17, 15) is 14.3 Å². The molecule has 0 spiro atoms. The minimum atomic E-state index is -0.689. The van der Waals surface area contributed by atoms with Gasteiger partial charge in [0.15, 0.2) is 0 Å². The normalized spacial score (nSPS) is 17.3. The lowest BCUT2D eigenvalue weighted by atomic mass is 9.98. The van der Waals surface area contributed by atoms with Crippen LogP contribution in [0.25, 0.3) is 0 Å². The van der Waals surface area contributed by atoms with E-state index in [0.29, 0.717) is 17.9 Å². The molecule has 2 rings (SSSR count). The highest BCUT2D eigenvalue weighted by molar-refractivity contribution is 5.91. The maximum Gasteiger partial charge on any atom is 0.319 e. The summed E-state index contributed by atoms with van der Waals surface area (Å²) >= 11 is 0. The molecule has 0 unspecified atom stereocenters. The zero-order chi connectivity index (χ0) is 17.6. The molecule has 1 atom stereocenters. The number of hydrogen-bond donors (Lipinski definition) is 3. The largest absolute Gasteiger partial charge is 0.488 e. The summed E-state index contributed by atoms with van der Waals surface area (Å²) < 4.78 is 19.4. The summed E-state index contributed by atoms with van der Waals surface area (Å²) in [6.07, 6.45) is 5.67. The molecule has 0 aromatic heterocycles. The molecule has 24 heavy (non-hydrogen) atoms. The first-order chi connectivity index (χ1) is 11.5. The number of carbonyl (C=O) groups excluding carboxylic acids is 1. The summed E-state index contributed by atoms with van der Waals surface area (Å²) in [5, 5.41) is 15.0. The summed E-state index contributed by atoms with van der Waals surface area (Å²) in [6.45, 7) is 3.63. The number of urea groups is 1. The Bertz CT molecular complexity index is 561. The predicted octanol–water partition coefficient (Wildman–Crippen LogP) is 3.82. The van der Waals surface area contributed by atoms with E-state index in [1.165, 1.54) is 18.2 Å². The third-order valence-corrected chi connectivity index (χ3v) is 4.35. The fraction of sp³-hybridized carbons (Fsp3) is 0.611. The van der Waals surface area contributed by atoms with E-state index in [1.807, 2.05) is 6.92 Å². The third-order valence-electron chi connectivity index (χ3n) is 4.35. The van der Waals surface area contributed by atoms with E-state index in [1.54, 1.807) is 6.92 Å². The molecule has 1 aliphatic carbocycles. The van der Waals surface area contributed by atoms with Crippen molar-refractivity contribution in [1.29, 1.82) is 0 Å². The average molecular weight is 338 g/mol. The van der Waals surface area contributed by atoms with Crippen molar-refractivity contribution in [2.45, 2.75) is 64.0 Å². The van der Waals surface area contributed by atoms with Gasteiger partial charge in [0.25, 0.3) is 0 Å². The van der Waals surface area contributed by atoms with Gasteiger partial charge in [0, 0.05) is 6.07 Å². The molecule has 1 aliphatic rings. The molecule has 3 N–H and O–H groups in total. The van der Waals surface area contributed by atoms with Crippen molar-refractivity contribution in [3.63, 3.8) is 0 Å². The molecule has 0 radical (unpaired) electrons. The van der Waals surface area contributed by atoms with Crippen LogP contribution in [-0.2, 0) is 0 Å². The van der Waals surface area contributed by atoms with Crippen LogP contribution < -0.4 is 15.4 Å².